The Hall–Kier alpha value is -15.3. The summed E-state index contributed by atoms with van der Waals surface area (Å²) in [7, 11) is 0. The van der Waals surface area contributed by atoms with Crippen LogP contribution in [0.4, 0.5) is 0 Å². The van der Waals surface area contributed by atoms with Gasteiger partial charge in [0.2, 0.25) is 0 Å². The molecular formula is C103H76N12. The molecule has 12 heteroatoms. The van der Waals surface area contributed by atoms with Gasteiger partial charge in [0.1, 0.15) is 40.8 Å². The standard InChI is InChI=1S/C29H20N4.C29H22N2.C23H17N3.C22H17N3/c1-19-30-28(32-24-14-6-2-10-20(24)21-11-3-7-15-25(21)32)18-29(31-19)33-26-16-8-4-12-22(26)23-13-5-9-17-27(23)33;1-21-30-28(26-16-12-24(13-17-26)22-8-4-2-5-9-22)20-29(31-21)27-18-14-25(15-19-27)23-10-6-3-7-11-23;1-16-24-20(17-9-3-2-4-10-17)15-23(25-16)26-21-13-7-5-11-18(21)19-12-6-8-14-22(19)26;1-16-23-21(19-10-6-3-7-11-19)25-22(24-16)20-14-12-18(13-15-20)17-8-4-2-5-9-17/h2-18H,1H3;2-20H,1H3;2-15H,1H3;2-15H,1H3. The smallest absolute Gasteiger partial charge is 0.163 e. The van der Waals surface area contributed by atoms with Gasteiger partial charge < -0.3 is 0 Å². The fourth-order valence-corrected chi connectivity index (χ4v) is 15.3. The van der Waals surface area contributed by atoms with E-state index in [1.807, 2.05) is 107 Å². The molecule has 0 aliphatic heterocycles. The SMILES string of the molecule is Cc1nc(-c2ccc(-c3ccccc3)cc2)cc(-c2ccc(-c3ccccc3)cc2)n1.Cc1nc(-c2ccccc2)cc(-n2c3ccccc3c3ccccc32)n1.Cc1nc(-c2ccccc2)nc(-c2ccc(-c3ccccc3)cc2)n1.Cc1nc(-n2c3ccccc3c3ccccc32)cc(-n2c3ccccc3c3ccccc32)n1. The van der Waals surface area contributed by atoms with Gasteiger partial charge >= 0.3 is 0 Å². The minimum absolute atomic E-state index is 0.700. The normalized spacial score (nSPS) is 11.1. The second-order valence-corrected chi connectivity index (χ2v) is 28.2. The highest BCUT2D eigenvalue weighted by Crippen LogP contribution is 2.38. The molecule has 14 aromatic carbocycles. The van der Waals surface area contributed by atoms with Crippen LogP contribution in [-0.2, 0) is 0 Å². The van der Waals surface area contributed by atoms with Gasteiger partial charge in [-0.15, -0.1) is 0 Å². The van der Waals surface area contributed by atoms with Crippen LogP contribution in [-0.4, -0.2) is 58.6 Å². The molecule has 0 bridgehead atoms. The molecule has 0 fully saturated rings. The summed E-state index contributed by atoms with van der Waals surface area (Å²) in [5.74, 6) is 7.04. The molecule has 0 aliphatic rings. The fourth-order valence-electron chi connectivity index (χ4n) is 15.3. The van der Waals surface area contributed by atoms with Crippen LogP contribution in [0.2, 0.25) is 0 Å². The Labute approximate surface area is 666 Å². The van der Waals surface area contributed by atoms with Gasteiger partial charge in [-0.1, -0.05) is 334 Å². The fraction of sp³-hybridized carbons (Fsp3) is 0.0388. The van der Waals surface area contributed by atoms with Crippen molar-refractivity contribution in [1.82, 2.24) is 58.6 Å². The van der Waals surface area contributed by atoms with Gasteiger partial charge in [-0.3, -0.25) is 13.7 Å². The third-order valence-corrected chi connectivity index (χ3v) is 20.6. The van der Waals surface area contributed by atoms with Crippen molar-refractivity contribution < 1.29 is 0 Å². The summed E-state index contributed by atoms with van der Waals surface area (Å²) in [6.45, 7) is 7.76. The summed E-state index contributed by atoms with van der Waals surface area (Å²) < 4.78 is 6.72. The van der Waals surface area contributed by atoms with Gasteiger partial charge in [0.15, 0.2) is 11.6 Å². The van der Waals surface area contributed by atoms with Crippen LogP contribution in [0.25, 0.3) is 173 Å². The molecule has 0 aliphatic carbocycles. The van der Waals surface area contributed by atoms with E-state index in [0.29, 0.717) is 11.6 Å². The molecule has 0 radical (unpaired) electrons. The quantitative estimate of drug-likeness (QED) is 0.124. The maximum atomic E-state index is 4.89. The van der Waals surface area contributed by atoms with Crippen LogP contribution >= 0.6 is 0 Å². The largest absolute Gasteiger partial charge is 0.294 e. The molecule has 0 saturated heterocycles. The van der Waals surface area contributed by atoms with Crippen LogP contribution in [0, 0.1) is 27.7 Å². The first-order valence-electron chi connectivity index (χ1n) is 38.5. The molecule has 7 heterocycles. The third-order valence-electron chi connectivity index (χ3n) is 20.6. The van der Waals surface area contributed by atoms with Gasteiger partial charge in [-0.2, -0.15) is 0 Å². The topological polar surface area (TPSA) is 131 Å². The molecule has 12 nitrogen and oxygen atoms in total. The summed E-state index contributed by atoms with van der Waals surface area (Å²) in [6, 6.07) is 134. The van der Waals surface area contributed by atoms with E-state index in [1.165, 1.54) is 65.7 Å². The Balaban J connectivity index is 0.000000107. The maximum Gasteiger partial charge on any atom is 0.163 e. The highest BCUT2D eigenvalue weighted by Gasteiger charge is 2.20. The first kappa shape index (κ1) is 71.3. The lowest BCUT2D eigenvalue weighted by Crippen LogP contribution is -2.06. The van der Waals surface area contributed by atoms with Crippen molar-refractivity contribution in [2.45, 2.75) is 27.7 Å². The predicted octanol–water partition coefficient (Wildman–Crippen LogP) is 25.2. The molecule has 0 N–H and O–H groups in total. The number of benzene rings is 14. The molecular weight excluding hydrogens is 1410 g/mol. The lowest BCUT2D eigenvalue weighted by molar-refractivity contribution is 0.940. The summed E-state index contributed by atoms with van der Waals surface area (Å²) in [5, 5.41) is 7.37. The zero-order valence-corrected chi connectivity index (χ0v) is 63.8. The van der Waals surface area contributed by atoms with Crippen LogP contribution < -0.4 is 0 Å². The Kier molecular flexibility index (Phi) is 19.8. The highest BCUT2D eigenvalue weighted by molar-refractivity contribution is 6.11. The van der Waals surface area contributed by atoms with Crippen molar-refractivity contribution in [2.24, 2.45) is 0 Å². The number of fused-ring (bicyclic) bond motifs is 9. The van der Waals surface area contributed by atoms with Crippen molar-refractivity contribution in [2.75, 3.05) is 0 Å². The van der Waals surface area contributed by atoms with Crippen LogP contribution in [0.15, 0.2) is 388 Å². The lowest BCUT2D eigenvalue weighted by Gasteiger charge is -2.12. The number of para-hydroxylation sites is 6. The summed E-state index contributed by atoms with van der Waals surface area (Å²) >= 11 is 0. The molecule has 0 amide bonds. The first-order chi connectivity index (χ1) is 56.7. The van der Waals surface area contributed by atoms with Gasteiger partial charge in [0.25, 0.3) is 0 Å². The zero-order valence-electron chi connectivity index (χ0n) is 63.8. The number of aryl methyl sites for hydroxylation is 4. The molecule has 0 spiro atoms. The van der Waals surface area contributed by atoms with E-state index in [4.69, 9.17) is 15.0 Å². The van der Waals surface area contributed by atoms with Crippen LogP contribution in [0.3, 0.4) is 0 Å². The molecule has 0 atom stereocenters. The van der Waals surface area contributed by atoms with E-state index in [0.717, 1.165) is 119 Å². The molecule has 7 aromatic heterocycles. The maximum absolute atomic E-state index is 4.89. The average molecular weight is 1480 g/mol. The Bertz CT molecular complexity index is 6630. The average Bonchev–Trinajstić information content (AvgIpc) is 1.57. The molecule has 21 aromatic rings. The molecule has 21 rings (SSSR count). The first-order valence-corrected chi connectivity index (χ1v) is 38.5. The van der Waals surface area contributed by atoms with E-state index in [-0.39, 0.29) is 0 Å². The minimum atomic E-state index is 0.700. The molecule has 548 valence electrons. The van der Waals surface area contributed by atoms with Crippen molar-refractivity contribution >= 4 is 65.4 Å². The number of hydrogen-bond donors (Lipinski definition) is 0. The Morgan fingerprint density at radius 2 is 0.357 bits per heavy atom. The van der Waals surface area contributed by atoms with E-state index >= 15 is 0 Å². The lowest BCUT2D eigenvalue weighted by atomic mass is 10.0. The molecule has 0 unspecified atom stereocenters. The third kappa shape index (κ3) is 14.9. The van der Waals surface area contributed by atoms with Gasteiger partial charge in [0.05, 0.1) is 50.2 Å². The number of aromatic nitrogens is 12. The highest BCUT2D eigenvalue weighted by atomic mass is 15.1. The van der Waals surface area contributed by atoms with Gasteiger partial charge in [-0.25, -0.2) is 44.9 Å². The van der Waals surface area contributed by atoms with E-state index < -0.39 is 0 Å². The van der Waals surface area contributed by atoms with E-state index in [2.05, 4.69) is 353 Å². The van der Waals surface area contributed by atoms with E-state index in [1.54, 1.807) is 0 Å². The number of rotatable bonds is 11. The van der Waals surface area contributed by atoms with Crippen molar-refractivity contribution in [3.63, 3.8) is 0 Å². The molecule has 115 heavy (non-hydrogen) atoms. The number of nitrogens with zero attached hydrogens (tertiary/aromatic N) is 12. The summed E-state index contributed by atoms with van der Waals surface area (Å²) in [6.07, 6.45) is 0. The van der Waals surface area contributed by atoms with Crippen LogP contribution in [0.5, 0.6) is 0 Å². The second kappa shape index (κ2) is 32.0. The second-order valence-electron chi connectivity index (χ2n) is 28.2. The Morgan fingerprint density at radius 1 is 0.157 bits per heavy atom. The summed E-state index contributed by atoms with van der Waals surface area (Å²) in [5.41, 5.74) is 22.2. The zero-order chi connectivity index (χ0) is 77.6. The summed E-state index contributed by atoms with van der Waals surface area (Å²) in [4.78, 5) is 42.2. The van der Waals surface area contributed by atoms with Crippen molar-refractivity contribution in [1.29, 1.82) is 0 Å². The number of hydrogen-bond acceptors (Lipinski definition) is 9. The predicted molar refractivity (Wildman–Crippen MR) is 471 cm³/mol. The minimum Gasteiger partial charge on any atom is -0.294 e. The monoisotopic (exact) mass is 1480 g/mol. The van der Waals surface area contributed by atoms with Crippen molar-refractivity contribution in [3.8, 4) is 107 Å². The van der Waals surface area contributed by atoms with Gasteiger partial charge in [-0.05, 0) is 104 Å². The Morgan fingerprint density at radius 3 is 0.678 bits per heavy atom. The van der Waals surface area contributed by atoms with Crippen molar-refractivity contribution in [3.05, 3.63) is 412 Å². The van der Waals surface area contributed by atoms with Gasteiger partial charge in [0, 0.05) is 72.3 Å². The molecule has 0 saturated carbocycles. The van der Waals surface area contributed by atoms with E-state index in [9.17, 15) is 0 Å². The van der Waals surface area contributed by atoms with Crippen LogP contribution in [0.1, 0.15) is 23.3 Å².